The summed E-state index contributed by atoms with van der Waals surface area (Å²) in [4.78, 5) is 25.5. The van der Waals surface area contributed by atoms with Crippen LogP contribution in [0, 0.1) is 5.41 Å². The molecule has 1 aromatic heterocycles. The summed E-state index contributed by atoms with van der Waals surface area (Å²) in [6.07, 6.45) is 5.52. The maximum atomic E-state index is 13.9. The Hall–Kier alpha value is -2.93. The second-order valence-electron chi connectivity index (χ2n) is 12.5. The highest BCUT2D eigenvalue weighted by Crippen LogP contribution is 2.54. The first-order valence-corrected chi connectivity index (χ1v) is 16.5. The van der Waals surface area contributed by atoms with Gasteiger partial charge in [0.15, 0.2) is 5.82 Å². The van der Waals surface area contributed by atoms with Gasteiger partial charge in [0.2, 0.25) is 10.0 Å². The Morgan fingerprint density at radius 3 is 2.60 bits per heavy atom. The van der Waals surface area contributed by atoms with E-state index in [1.54, 1.807) is 19.1 Å². The predicted octanol–water partition coefficient (Wildman–Crippen LogP) is 2.59. The molecular formula is C30H42N6O5S. The minimum absolute atomic E-state index is 0.0727. The monoisotopic (exact) mass is 598 g/mol. The minimum atomic E-state index is -3.88. The Kier molecular flexibility index (Phi) is 7.84. The molecule has 1 spiro atoms. The number of nitrogens with one attached hydrogen (secondary N) is 2. The molecule has 0 radical (unpaired) electrons. The first-order valence-electron chi connectivity index (χ1n) is 15.0. The molecular weight excluding hydrogens is 556 g/mol. The van der Waals surface area contributed by atoms with Gasteiger partial charge in [-0.15, -0.1) is 0 Å². The zero-order valence-electron chi connectivity index (χ0n) is 24.7. The number of aliphatic hydroxyl groups excluding tert-OH is 1. The van der Waals surface area contributed by atoms with E-state index in [-0.39, 0.29) is 23.5 Å². The number of ether oxygens (including phenoxy) is 1. The van der Waals surface area contributed by atoms with Crippen LogP contribution < -0.4 is 24.7 Å². The van der Waals surface area contributed by atoms with Crippen molar-refractivity contribution in [2.75, 3.05) is 73.0 Å². The van der Waals surface area contributed by atoms with E-state index in [0.29, 0.717) is 29.1 Å². The number of hydrogen-bond donors (Lipinski definition) is 3. The van der Waals surface area contributed by atoms with Crippen LogP contribution in [0.1, 0.15) is 55.5 Å². The normalized spacial score (nSPS) is 22.3. The smallest absolute Gasteiger partial charge is 0.258 e. The molecule has 4 heterocycles. The summed E-state index contributed by atoms with van der Waals surface area (Å²) < 4.78 is 34.5. The molecule has 6 rings (SSSR count). The fourth-order valence-electron chi connectivity index (χ4n) is 6.46. The number of benzene rings is 1. The van der Waals surface area contributed by atoms with E-state index in [4.69, 9.17) is 9.72 Å². The molecule has 4 aliphatic rings. The molecule has 11 nitrogen and oxygen atoms in total. The number of anilines is 4. The number of sulfonamides is 1. The SMILES string of the molecule is C[C@@H]1CN(c2nc(NC(=O)c3ccc(S(=O)(=O)N[C@@H](C)CO)cc3N3CCC4(CC3)CC4)cc3c2N(C)CC3)CCO1. The van der Waals surface area contributed by atoms with Gasteiger partial charge < -0.3 is 29.9 Å². The fourth-order valence-corrected chi connectivity index (χ4v) is 7.72. The molecule has 0 unspecified atom stereocenters. The number of carbonyl (C=O) groups is 1. The van der Waals surface area contributed by atoms with Crippen molar-refractivity contribution in [1.82, 2.24) is 9.71 Å². The third kappa shape index (κ3) is 5.82. The second-order valence-corrected chi connectivity index (χ2v) is 14.2. The summed E-state index contributed by atoms with van der Waals surface area (Å²) in [7, 11) is -1.81. The van der Waals surface area contributed by atoms with Crippen LogP contribution in [0.3, 0.4) is 0 Å². The number of aliphatic hydroxyl groups is 1. The number of hydrogen-bond acceptors (Lipinski definition) is 9. The van der Waals surface area contributed by atoms with Crippen molar-refractivity contribution >= 4 is 38.9 Å². The standard InChI is InChI=1S/C30H42N6O5S/c1-20(19-37)33-42(39,40)23-4-5-24(25(17-23)35-12-9-30(7-8-30)10-13-35)29(38)32-26-16-22-6-11-34(3)27(22)28(31-26)36-14-15-41-21(2)18-36/h4-5,16-17,20-21,33,37H,6-15,18-19H2,1-3H3,(H,31,32,38)/t20-,21+/m0/s1. The predicted molar refractivity (Wildman–Crippen MR) is 163 cm³/mol. The number of aromatic nitrogens is 1. The van der Waals surface area contributed by atoms with Gasteiger partial charge in [-0.25, -0.2) is 18.1 Å². The molecule has 3 N–H and O–H groups in total. The molecule has 1 amide bonds. The molecule has 42 heavy (non-hydrogen) atoms. The van der Waals surface area contributed by atoms with Crippen LogP contribution >= 0.6 is 0 Å². The maximum absolute atomic E-state index is 13.9. The van der Waals surface area contributed by atoms with Crippen molar-refractivity contribution < 1.29 is 23.1 Å². The van der Waals surface area contributed by atoms with Crippen molar-refractivity contribution in [3.63, 3.8) is 0 Å². The highest BCUT2D eigenvalue weighted by atomic mass is 32.2. The molecule has 1 aromatic carbocycles. The minimum Gasteiger partial charge on any atom is -0.395 e. The number of morpholine rings is 1. The van der Waals surface area contributed by atoms with Gasteiger partial charge in [-0.05, 0) is 81.2 Å². The van der Waals surface area contributed by atoms with E-state index in [9.17, 15) is 18.3 Å². The van der Waals surface area contributed by atoms with E-state index in [2.05, 4.69) is 38.7 Å². The maximum Gasteiger partial charge on any atom is 0.258 e. The Morgan fingerprint density at radius 1 is 1.14 bits per heavy atom. The highest BCUT2D eigenvalue weighted by Gasteiger charge is 2.44. The average Bonchev–Trinajstić information content (AvgIpc) is 3.62. The van der Waals surface area contributed by atoms with E-state index in [1.807, 2.05) is 6.07 Å². The van der Waals surface area contributed by atoms with Crippen molar-refractivity contribution in [3.8, 4) is 0 Å². The molecule has 3 fully saturated rings. The van der Waals surface area contributed by atoms with Gasteiger partial charge in [0, 0.05) is 45.8 Å². The van der Waals surface area contributed by atoms with Crippen LogP contribution in [0.25, 0.3) is 0 Å². The van der Waals surface area contributed by atoms with E-state index < -0.39 is 16.1 Å². The molecule has 2 aromatic rings. The van der Waals surface area contributed by atoms with Crippen molar-refractivity contribution in [1.29, 1.82) is 0 Å². The number of rotatable bonds is 8. The number of carbonyl (C=O) groups excluding carboxylic acids is 1. The number of nitrogens with zero attached hydrogens (tertiary/aromatic N) is 4. The van der Waals surface area contributed by atoms with Crippen molar-refractivity contribution in [2.24, 2.45) is 5.41 Å². The molecule has 3 aliphatic heterocycles. The van der Waals surface area contributed by atoms with Crippen molar-refractivity contribution in [2.45, 2.75) is 63.0 Å². The molecule has 1 saturated carbocycles. The number of fused-ring (bicyclic) bond motifs is 1. The van der Waals surface area contributed by atoms with E-state index >= 15 is 0 Å². The third-order valence-electron chi connectivity index (χ3n) is 9.21. The van der Waals surface area contributed by atoms with Gasteiger partial charge in [0.1, 0.15) is 5.82 Å². The van der Waals surface area contributed by atoms with Crippen LogP contribution in [0.15, 0.2) is 29.2 Å². The van der Waals surface area contributed by atoms with Gasteiger partial charge in [0.05, 0.1) is 41.2 Å². The summed E-state index contributed by atoms with van der Waals surface area (Å²) in [5, 5.41) is 12.4. The largest absolute Gasteiger partial charge is 0.395 e. The molecule has 2 saturated heterocycles. The van der Waals surface area contributed by atoms with Gasteiger partial charge in [-0.2, -0.15) is 0 Å². The summed E-state index contributed by atoms with van der Waals surface area (Å²) >= 11 is 0. The van der Waals surface area contributed by atoms with E-state index in [0.717, 1.165) is 69.1 Å². The Labute approximate surface area is 248 Å². The highest BCUT2D eigenvalue weighted by molar-refractivity contribution is 7.89. The summed E-state index contributed by atoms with van der Waals surface area (Å²) in [6, 6.07) is 5.98. The van der Waals surface area contributed by atoms with Gasteiger partial charge in [0.25, 0.3) is 5.91 Å². The Balaban J connectivity index is 1.32. The third-order valence-corrected chi connectivity index (χ3v) is 10.8. The summed E-state index contributed by atoms with van der Waals surface area (Å²) in [5.74, 6) is 1.02. The fraction of sp³-hybridized carbons (Fsp3) is 0.600. The van der Waals surface area contributed by atoms with E-state index in [1.165, 1.54) is 18.9 Å². The number of amides is 1. The van der Waals surface area contributed by atoms with Gasteiger partial charge in [-0.1, -0.05) is 0 Å². The Bertz CT molecular complexity index is 1450. The first-order chi connectivity index (χ1) is 20.1. The lowest BCUT2D eigenvalue weighted by Crippen LogP contribution is -2.42. The number of likely N-dealkylation sites (N-methyl/N-ethyl adjacent to an activating group) is 1. The molecule has 0 bridgehead atoms. The van der Waals surface area contributed by atoms with Crippen molar-refractivity contribution in [3.05, 3.63) is 35.4 Å². The second kappa shape index (κ2) is 11.3. The van der Waals surface area contributed by atoms with Gasteiger partial charge in [-0.3, -0.25) is 4.79 Å². The molecule has 1 aliphatic carbocycles. The molecule has 12 heteroatoms. The lowest BCUT2D eigenvalue weighted by atomic mass is 9.93. The van der Waals surface area contributed by atoms with Crippen LogP contribution in [-0.2, 0) is 21.2 Å². The summed E-state index contributed by atoms with van der Waals surface area (Å²) in [5.41, 5.74) is 3.69. The lowest BCUT2D eigenvalue weighted by molar-refractivity contribution is 0.0530. The first kappa shape index (κ1) is 29.2. The zero-order chi connectivity index (χ0) is 29.6. The summed E-state index contributed by atoms with van der Waals surface area (Å²) in [6.45, 7) is 7.86. The van der Waals surface area contributed by atoms with Gasteiger partial charge >= 0.3 is 0 Å². The lowest BCUT2D eigenvalue weighted by Gasteiger charge is -2.35. The molecule has 228 valence electrons. The van der Waals surface area contributed by atoms with Crippen LogP contribution in [-0.4, -0.2) is 89.5 Å². The number of piperidine rings is 1. The Morgan fingerprint density at radius 2 is 1.90 bits per heavy atom. The average molecular weight is 599 g/mol. The topological polar surface area (TPSA) is 127 Å². The van der Waals surface area contributed by atoms with Crippen LogP contribution in [0.4, 0.5) is 23.0 Å². The number of pyridine rings is 1. The molecule has 2 atom stereocenters. The van der Waals surface area contributed by atoms with Crippen LogP contribution in [0.5, 0.6) is 0 Å². The quantitative estimate of drug-likeness (QED) is 0.420. The van der Waals surface area contributed by atoms with Crippen LogP contribution in [0.2, 0.25) is 0 Å². The zero-order valence-corrected chi connectivity index (χ0v) is 25.5.